The van der Waals surface area contributed by atoms with Gasteiger partial charge >= 0.3 is 5.97 Å². The van der Waals surface area contributed by atoms with Crippen molar-refractivity contribution in [2.45, 2.75) is 51.0 Å². The van der Waals surface area contributed by atoms with Crippen LogP contribution in [0.2, 0.25) is 0 Å². The molecule has 0 unspecified atom stereocenters. The quantitative estimate of drug-likeness (QED) is 0.536. The third-order valence-electron chi connectivity index (χ3n) is 5.72. The molecular weight excluding hydrogens is 352 g/mol. The zero-order valence-electron chi connectivity index (χ0n) is 16.8. The SMILES string of the molecule is CCCCOc1ccc(-c2ccc(C3(O)CCC(C(=O)OC)CC3)cc2)cc1. The largest absolute Gasteiger partial charge is 0.494 e. The van der Waals surface area contributed by atoms with Gasteiger partial charge in [0.15, 0.2) is 0 Å². The number of ether oxygens (including phenoxy) is 2. The first kappa shape index (κ1) is 20.4. The second-order valence-corrected chi connectivity index (χ2v) is 7.63. The fraction of sp³-hybridized carbons (Fsp3) is 0.458. The summed E-state index contributed by atoms with van der Waals surface area (Å²) in [5, 5.41) is 11.0. The van der Waals surface area contributed by atoms with Crippen molar-refractivity contribution in [3.8, 4) is 16.9 Å². The van der Waals surface area contributed by atoms with E-state index in [1.165, 1.54) is 7.11 Å². The molecule has 0 bridgehead atoms. The molecule has 28 heavy (non-hydrogen) atoms. The van der Waals surface area contributed by atoms with E-state index < -0.39 is 5.60 Å². The fourth-order valence-corrected chi connectivity index (χ4v) is 3.84. The molecule has 1 N–H and O–H groups in total. The molecule has 1 saturated carbocycles. The molecule has 0 aromatic heterocycles. The Morgan fingerprint density at radius 3 is 2.14 bits per heavy atom. The maximum atomic E-state index is 11.7. The molecule has 150 valence electrons. The molecule has 0 amide bonds. The summed E-state index contributed by atoms with van der Waals surface area (Å²) >= 11 is 0. The van der Waals surface area contributed by atoms with E-state index in [1.54, 1.807) is 0 Å². The van der Waals surface area contributed by atoms with Gasteiger partial charge in [0.2, 0.25) is 0 Å². The standard InChI is InChI=1S/C24H30O4/c1-3-4-17-28-22-11-7-19(8-12-22)18-5-9-21(10-6-18)24(26)15-13-20(14-16-24)23(25)27-2/h5-12,20,26H,3-4,13-17H2,1-2H3. The summed E-state index contributed by atoms with van der Waals surface area (Å²) in [6.07, 6.45) is 4.66. The number of carbonyl (C=O) groups excluding carboxylic acids is 1. The predicted molar refractivity (Wildman–Crippen MR) is 110 cm³/mol. The van der Waals surface area contributed by atoms with Gasteiger partial charge in [0, 0.05) is 0 Å². The van der Waals surface area contributed by atoms with Crippen LogP contribution >= 0.6 is 0 Å². The number of unbranched alkanes of at least 4 members (excludes halogenated alkanes) is 1. The molecule has 1 aliphatic rings. The normalized spacial score (nSPS) is 21.9. The molecule has 0 heterocycles. The summed E-state index contributed by atoms with van der Waals surface area (Å²) in [6, 6.07) is 16.2. The average molecular weight is 383 g/mol. The predicted octanol–water partition coefficient (Wildman–Crippen LogP) is 5.08. The number of methoxy groups -OCH3 is 1. The lowest BCUT2D eigenvalue weighted by Gasteiger charge is -2.35. The van der Waals surface area contributed by atoms with Gasteiger partial charge < -0.3 is 14.6 Å². The second-order valence-electron chi connectivity index (χ2n) is 7.63. The number of hydrogen-bond donors (Lipinski definition) is 1. The van der Waals surface area contributed by atoms with Gasteiger partial charge in [-0.1, -0.05) is 49.7 Å². The van der Waals surface area contributed by atoms with Crippen LogP contribution in [-0.2, 0) is 15.1 Å². The van der Waals surface area contributed by atoms with Crippen LogP contribution in [0.5, 0.6) is 5.75 Å². The lowest BCUT2D eigenvalue weighted by molar-refractivity contribution is -0.148. The Balaban J connectivity index is 1.64. The van der Waals surface area contributed by atoms with E-state index in [2.05, 4.69) is 19.1 Å². The lowest BCUT2D eigenvalue weighted by Crippen LogP contribution is -2.34. The van der Waals surface area contributed by atoms with Gasteiger partial charge in [-0.25, -0.2) is 0 Å². The molecule has 4 heteroatoms. The van der Waals surface area contributed by atoms with E-state index in [0.29, 0.717) is 25.7 Å². The summed E-state index contributed by atoms with van der Waals surface area (Å²) < 4.78 is 10.6. The molecule has 0 aliphatic heterocycles. The van der Waals surface area contributed by atoms with Crippen LogP contribution in [0.4, 0.5) is 0 Å². The molecule has 0 saturated heterocycles. The lowest BCUT2D eigenvalue weighted by atomic mass is 9.75. The molecule has 2 aromatic carbocycles. The Morgan fingerprint density at radius 1 is 1.04 bits per heavy atom. The van der Waals surface area contributed by atoms with E-state index in [9.17, 15) is 9.90 Å². The summed E-state index contributed by atoms with van der Waals surface area (Å²) in [5.41, 5.74) is 2.28. The van der Waals surface area contributed by atoms with E-state index in [1.807, 2.05) is 36.4 Å². The molecule has 3 rings (SSSR count). The Hall–Kier alpha value is -2.33. The van der Waals surface area contributed by atoms with Gasteiger partial charge in [-0.3, -0.25) is 4.79 Å². The monoisotopic (exact) mass is 382 g/mol. The first-order valence-electron chi connectivity index (χ1n) is 10.2. The van der Waals surface area contributed by atoms with Gasteiger partial charge in [-0.2, -0.15) is 0 Å². The van der Waals surface area contributed by atoms with Crippen molar-refractivity contribution in [3.05, 3.63) is 54.1 Å². The van der Waals surface area contributed by atoms with Gasteiger partial charge in [0.25, 0.3) is 0 Å². The smallest absolute Gasteiger partial charge is 0.308 e. The summed E-state index contributed by atoms with van der Waals surface area (Å²) in [5.74, 6) is 0.632. The molecule has 0 spiro atoms. The molecule has 1 aliphatic carbocycles. The third kappa shape index (κ3) is 4.74. The zero-order valence-corrected chi connectivity index (χ0v) is 16.8. The molecule has 4 nitrogen and oxygen atoms in total. The molecular formula is C24H30O4. The van der Waals surface area contributed by atoms with Crippen molar-refractivity contribution in [2.75, 3.05) is 13.7 Å². The Labute approximate surface area is 167 Å². The van der Waals surface area contributed by atoms with E-state index >= 15 is 0 Å². The van der Waals surface area contributed by atoms with Gasteiger partial charge in [0.05, 0.1) is 25.2 Å². The summed E-state index contributed by atoms with van der Waals surface area (Å²) in [4.78, 5) is 11.7. The van der Waals surface area contributed by atoms with Gasteiger partial charge in [0.1, 0.15) is 5.75 Å². The van der Waals surface area contributed by atoms with Crippen molar-refractivity contribution < 1.29 is 19.4 Å². The van der Waals surface area contributed by atoms with Crippen molar-refractivity contribution in [1.82, 2.24) is 0 Å². The Kier molecular flexibility index (Phi) is 6.74. The minimum absolute atomic E-state index is 0.0948. The maximum absolute atomic E-state index is 11.7. The summed E-state index contributed by atoms with van der Waals surface area (Å²) in [6.45, 7) is 2.90. The van der Waals surface area contributed by atoms with Gasteiger partial charge in [-0.15, -0.1) is 0 Å². The number of esters is 1. The van der Waals surface area contributed by atoms with Crippen LogP contribution in [0, 0.1) is 5.92 Å². The highest BCUT2D eigenvalue weighted by Crippen LogP contribution is 2.40. The zero-order chi connectivity index (χ0) is 20.0. The topological polar surface area (TPSA) is 55.8 Å². The molecule has 1 fully saturated rings. The Bertz CT molecular complexity index is 756. The van der Waals surface area contributed by atoms with Crippen LogP contribution in [0.3, 0.4) is 0 Å². The van der Waals surface area contributed by atoms with Crippen molar-refractivity contribution in [3.63, 3.8) is 0 Å². The van der Waals surface area contributed by atoms with Crippen molar-refractivity contribution in [2.24, 2.45) is 5.92 Å². The van der Waals surface area contributed by atoms with Crippen LogP contribution in [0.25, 0.3) is 11.1 Å². The number of rotatable bonds is 7. The van der Waals surface area contributed by atoms with Crippen molar-refractivity contribution in [1.29, 1.82) is 0 Å². The van der Waals surface area contributed by atoms with Crippen LogP contribution in [0.1, 0.15) is 51.0 Å². The highest BCUT2D eigenvalue weighted by atomic mass is 16.5. The number of aliphatic hydroxyl groups is 1. The highest BCUT2D eigenvalue weighted by molar-refractivity contribution is 5.72. The first-order chi connectivity index (χ1) is 13.6. The van der Waals surface area contributed by atoms with E-state index in [-0.39, 0.29) is 11.9 Å². The molecule has 0 atom stereocenters. The fourth-order valence-electron chi connectivity index (χ4n) is 3.84. The maximum Gasteiger partial charge on any atom is 0.308 e. The summed E-state index contributed by atoms with van der Waals surface area (Å²) in [7, 11) is 1.42. The third-order valence-corrected chi connectivity index (χ3v) is 5.72. The first-order valence-corrected chi connectivity index (χ1v) is 10.2. The second kappa shape index (κ2) is 9.24. The van der Waals surface area contributed by atoms with Crippen LogP contribution < -0.4 is 4.74 Å². The van der Waals surface area contributed by atoms with E-state index in [0.717, 1.165) is 41.9 Å². The minimum atomic E-state index is -0.861. The number of carbonyl (C=O) groups is 1. The van der Waals surface area contributed by atoms with Gasteiger partial charge in [-0.05, 0) is 60.9 Å². The van der Waals surface area contributed by atoms with Crippen LogP contribution in [-0.4, -0.2) is 24.8 Å². The molecule has 2 aromatic rings. The van der Waals surface area contributed by atoms with Crippen LogP contribution in [0.15, 0.2) is 48.5 Å². The minimum Gasteiger partial charge on any atom is -0.494 e. The number of hydrogen-bond acceptors (Lipinski definition) is 4. The molecule has 0 radical (unpaired) electrons. The van der Waals surface area contributed by atoms with Crippen molar-refractivity contribution >= 4 is 5.97 Å². The Morgan fingerprint density at radius 2 is 1.61 bits per heavy atom. The van der Waals surface area contributed by atoms with E-state index in [4.69, 9.17) is 9.47 Å². The highest BCUT2D eigenvalue weighted by Gasteiger charge is 2.37. The number of benzene rings is 2. The average Bonchev–Trinajstić information content (AvgIpc) is 2.74.